The van der Waals surface area contributed by atoms with Crippen LogP contribution >= 0.6 is 25.3 Å². The molecule has 0 aliphatic carbocycles. The fourth-order valence-electron chi connectivity index (χ4n) is 0.176. The number of carbonyl (C=O) groups excluding carboxylic acids is 1. The van der Waals surface area contributed by atoms with Crippen LogP contribution in [0.5, 0.6) is 0 Å². The summed E-state index contributed by atoms with van der Waals surface area (Å²) in [4.78, 5) is 19.7. The van der Waals surface area contributed by atoms with E-state index < -0.39 is 10.0 Å². The maximum atomic E-state index is 10.1. The summed E-state index contributed by atoms with van der Waals surface area (Å²) in [6.45, 7) is 0. The molecule has 0 unspecified atom stereocenters. The normalized spacial score (nSPS) is 10.9. The summed E-state index contributed by atoms with van der Waals surface area (Å²) in [5.74, 6) is -1.24. The van der Waals surface area contributed by atoms with Crippen LogP contribution in [0.2, 0.25) is 0 Å². The highest BCUT2D eigenvalue weighted by Crippen LogP contribution is 2.22. The second-order valence-electron chi connectivity index (χ2n) is 1.44. The fourth-order valence-corrected chi connectivity index (χ4v) is 0.305. The third kappa shape index (κ3) is 2.76. The molecule has 0 bridgehead atoms. The Morgan fingerprint density at radius 1 is 1.67 bits per heavy atom. The molecule has 5 heteroatoms. The first kappa shape index (κ1) is 8.84. The zero-order chi connectivity index (χ0) is 7.49. The van der Waals surface area contributed by atoms with Crippen LogP contribution in [0.15, 0.2) is 0 Å². The number of hydrogen-bond donors (Lipinski definition) is 3. The van der Waals surface area contributed by atoms with E-state index in [9.17, 15) is 9.59 Å². The van der Waals surface area contributed by atoms with Crippen LogP contribution in [0.25, 0.3) is 0 Å². The van der Waals surface area contributed by atoms with Crippen molar-refractivity contribution in [2.75, 3.05) is 0 Å². The topological polar surface area (TPSA) is 54.4 Å². The van der Waals surface area contributed by atoms with Gasteiger partial charge in [-0.2, -0.15) is 0 Å². The maximum Gasteiger partial charge on any atom is 0.330 e. The van der Waals surface area contributed by atoms with E-state index in [0.29, 0.717) is 0 Å². The van der Waals surface area contributed by atoms with Gasteiger partial charge in [-0.1, -0.05) is 0 Å². The number of carboxylic acid groups (broad SMARTS) is 1. The number of rotatable bonds is 3. The molecule has 0 aliphatic rings. The average molecular weight is 165 g/mol. The number of aliphatic carboxylic acids is 1. The lowest BCUT2D eigenvalue weighted by atomic mass is 10.3. The van der Waals surface area contributed by atoms with Gasteiger partial charge in [0.15, 0.2) is 4.08 Å². The van der Waals surface area contributed by atoms with E-state index in [1.807, 2.05) is 0 Å². The van der Waals surface area contributed by atoms with E-state index in [1.54, 1.807) is 0 Å². The molecule has 51 valence electrons. The van der Waals surface area contributed by atoms with E-state index in [0.717, 1.165) is 0 Å². The Hall–Kier alpha value is -0.160. The van der Waals surface area contributed by atoms with Crippen molar-refractivity contribution in [2.45, 2.75) is 10.5 Å². The first-order valence-corrected chi connectivity index (χ1v) is 2.93. The number of carboxylic acids is 1. The molecule has 0 fully saturated rings. The quantitative estimate of drug-likeness (QED) is 0.411. The monoisotopic (exact) mass is 165 g/mol. The van der Waals surface area contributed by atoms with Crippen LogP contribution in [0.4, 0.5) is 0 Å². The van der Waals surface area contributed by atoms with Crippen molar-refractivity contribution >= 4 is 37.5 Å². The zero-order valence-electron chi connectivity index (χ0n) is 4.37. The van der Waals surface area contributed by atoms with Crippen LogP contribution < -0.4 is 0 Å². The first-order chi connectivity index (χ1) is 4.00. The van der Waals surface area contributed by atoms with Crippen molar-refractivity contribution in [3.05, 3.63) is 0 Å². The van der Waals surface area contributed by atoms with Gasteiger partial charge in [-0.05, 0) is 0 Å². The van der Waals surface area contributed by atoms with Crippen molar-refractivity contribution in [1.29, 1.82) is 0 Å². The highest BCUT2D eigenvalue weighted by molar-refractivity contribution is 8.02. The van der Waals surface area contributed by atoms with Crippen molar-refractivity contribution in [3.8, 4) is 0 Å². The van der Waals surface area contributed by atoms with Crippen molar-refractivity contribution in [2.24, 2.45) is 0 Å². The van der Waals surface area contributed by atoms with Gasteiger partial charge >= 0.3 is 5.97 Å². The Bertz CT molecular complexity index is 132. The molecule has 0 heterocycles. The van der Waals surface area contributed by atoms with Crippen molar-refractivity contribution in [3.63, 3.8) is 0 Å². The predicted molar refractivity (Wildman–Crippen MR) is 38.6 cm³/mol. The van der Waals surface area contributed by atoms with Gasteiger partial charge in [-0.25, -0.2) is 4.79 Å². The summed E-state index contributed by atoms with van der Waals surface area (Å²) in [5.41, 5.74) is 0. The van der Waals surface area contributed by atoms with Crippen LogP contribution in [0, 0.1) is 0 Å². The maximum absolute atomic E-state index is 10.1. The van der Waals surface area contributed by atoms with Crippen molar-refractivity contribution in [1.82, 2.24) is 0 Å². The summed E-state index contributed by atoms with van der Waals surface area (Å²) in [5, 5.41) is 8.24. The van der Waals surface area contributed by atoms with Crippen molar-refractivity contribution < 1.29 is 14.7 Å². The lowest BCUT2D eigenvalue weighted by Gasteiger charge is -2.11. The summed E-state index contributed by atoms with van der Waals surface area (Å²) in [7, 11) is 0. The fraction of sp³-hybridized carbons (Fsp3) is 0.500. The summed E-state index contributed by atoms with van der Waals surface area (Å²) < 4.78 is -1.57. The predicted octanol–water partition coefficient (Wildman–Crippen LogP) is 0.127. The minimum atomic E-state index is -1.57. The smallest absolute Gasteiger partial charge is 0.330 e. The van der Waals surface area contributed by atoms with Crippen LogP contribution in [-0.4, -0.2) is 21.4 Å². The van der Waals surface area contributed by atoms with Crippen LogP contribution in [0.1, 0.15) is 6.42 Å². The molecule has 1 N–H and O–H groups in total. The Balaban J connectivity index is 4.00. The van der Waals surface area contributed by atoms with E-state index in [-0.39, 0.29) is 6.42 Å². The molecule has 0 aromatic carbocycles. The minimum absolute atomic E-state index is 0.325. The van der Waals surface area contributed by atoms with E-state index in [2.05, 4.69) is 25.3 Å². The molecule has 0 saturated heterocycles. The lowest BCUT2D eigenvalue weighted by Crippen LogP contribution is -2.25. The average Bonchev–Trinajstić information content (AvgIpc) is 1.65. The minimum Gasteiger partial charge on any atom is -0.480 e. The van der Waals surface area contributed by atoms with Gasteiger partial charge < -0.3 is 5.11 Å². The van der Waals surface area contributed by atoms with Crippen LogP contribution in [0.3, 0.4) is 0 Å². The summed E-state index contributed by atoms with van der Waals surface area (Å²) in [6, 6.07) is 0. The van der Waals surface area contributed by atoms with Gasteiger partial charge in [0, 0.05) is 6.42 Å². The largest absolute Gasteiger partial charge is 0.480 e. The molecule has 0 aliphatic heterocycles. The molecule has 9 heavy (non-hydrogen) atoms. The van der Waals surface area contributed by atoms with Gasteiger partial charge in [-0.3, -0.25) is 4.79 Å². The molecule has 0 amide bonds. The molecule has 0 saturated carbocycles. The van der Waals surface area contributed by atoms with Gasteiger partial charge in [0.1, 0.15) is 0 Å². The molecular formula is C4H5O3S2. The molecule has 0 rings (SSSR count). The van der Waals surface area contributed by atoms with Gasteiger partial charge in [0.2, 0.25) is 6.29 Å². The highest BCUT2D eigenvalue weighted by Gasteiger charge is 2.29. The van der Waals surface area contributed by atoms with Crippen LogP contribution in [-0.2, 0) is 9.59 Å². The molecular weight excluding hydrogens is 160 g/mol. The molecule has 0 aromatic rings. The Morgan fingerprint density at radius 3 is 2.22 bits per heavy atom. The van der Waals surface area contributed by atoms with Gasteiger partial charge in [0.25, 0.3) is 0 Å². The van der Waals surface area contributed by atoms with Gasteiger partial charge in [0.05, 0.1) is 0 Å². The second kappa shape index (κ2) is 3.12. The third-order valence-corrected chi connectivity index (χ3v) is 1.36. The van der Waals surface area contributed by atoms with Gasteiger partial charge in [-0.15, -0.1) is 25.3 Å². The lowest BCUT2D eigenvalue weighted by molar-refractivity contribution is -0.137. The molecule has 0 spiro atoms. The number of carbonyl (C=O) groups is 1. The highest BCUT2D eigenvalue weighted by atomic mass is 32.2. The molecule has 0 aromatic heterocycles. The third-order valence-electron chi connectivity index (χ3n) is 0.661. The summed E-state index contributed by atoms with van der Waals surface area (Å²) >= 11 is 7.13. The number of thiol groups is 2. The molecule has 1 radical (unpaired) electrons. The Kier molecular flexibility index (Phi) is 3.07. The Morgan fingerprint density at radius 2 is 2.11 bits per heavy atom. The Labute approximate surface area is 63.3 Å². The summed E-state index contributed by atoms with van der Waals surface area (Å²) in [6.07, 6.45) is 1.08. The first-order valence-electron chi connectivity index (χ1n) is 2.04. The van der Waals surface area contributed by atoms with E-state index >= 15 is 0 Å². The molecule has 3 nitrogen and oxygen atoms in total. The van der Waals surface area contributed by atoms with E-state index in [1.165, 1.54) is 6.29 Å². The standard InChI is InChI=1S/C4H5O3S2/c5-2-1-4(8,9)3(6)7/h8-9H,1H2,(H,6,7). The SMILES string of the molecule is O=[C]CC(S)(S)C(=O)O. The second-order valence-corrected chi connectivity index (χ2v) is 3.32. The molecule has 0 atom stereocenters. The zero-order valence-corrected chi connectivity index (χ0v) is 6.15. The number of hydrogen-bond acceptors (Lipinski definition) is 4. The van der Waals surface area contributed by atoms with E-state index in [4.69, 9.17) is 5.11 Å².